The number of amides is 1. The van der Waals surface area contributed by atoms with Crippen LogP contribution in [0.5, 0.6) is 0 Å². The Labute approximate surface area is 163 Å². The molecule has 1 aromatic heterocycles. The lowest BCUT2D eigenvalue weighted by Gasteiger charge is -2.11. The number of hydrogen-bond acceptors (Lipinski definition) is 4. The summed E-state index contributed by atoms with van der Waals surface area (Å²) in [5.41, 5.74) is 4.10. The fraction of sp³-hybridized carbons (Fsp3) is 0.238. The topological polar surface area (TPSA) is 67.2 Å². The molecule has 1 heterocycles. The van der Waals surface area contributed by atoms with E-state index in [-0.39, 0.29) is 19.1 Å². The van der Waals surface area contributed by atoms with E-state index in [4.69, 9.17) is 0 Å². The van der Waals surface area contributed by atoms with Crippen molar-refractivity contribution >= 4 is 17.7 Å². The van der Waals surface area contributed by atoms with E-state index >= 15 is 0 Å². The van der Waals surface area contributed by atoms with Crippen LogP contribution in [0.1, 0.15) is 22.4 Å². The number of rotatable bonds is 8. The Bertz CT molecular complexity index is 893. The van der Waals surface area contributed by atoms with Crippen LogP contribution in [0.2, 0.25) is 0 Å². The summed E-state index contributed by atoms with van der Waals surface area (Å²) in [6.45, 7) is 2.54. The number of imidazole rings is 1. The molecule has 0 unspecified atom stereocenters. The summed E-state index contributed by atoms with van der Waals surface area (Å²) in [6, 6.07) is 18.1. The molecule has 0 aliphatic rings. The second-order valence-corrected chi connectivity index (χ2v) is 7.26. The summed E-state index contributed by atoms with van der Waals surface area (Å²) < 4.78 is 1.78. The maximum absolute atomic E-state index is 12.4. The van der Waals surface area contributed by atoms with Gasteiger partial charge in [0.1, 0.15) is 6.54 Å². The van der Waals surface area contributed by atoms with Gasteiger partial charge in [-0.3, -0.25) is 4.79 Å². The molecule has 0 fully saturated rings. The summed E-state index contributed by atoms with van der Waals surface area (Å²) >= 11 is 1.56. The summed E-state index contributed by atoms with van der Waals surface area (Å²) in [5, 5.41) is 13.2. The molecule has 3 rings (SSSR count). The predicted molar refractivity (Wildman–Crippen MR) is 107 cm³/mol. The first-order chi connectivity index (χ1) is 13.2. The molecule has 27 heavy (non-hydrogen) atoms. The van der Waals surface area contributed by atoms with Gasteiger partial charge in [0.15, 0.2) is 5.16 Å². The number of aromatic nitrogens is 2. The van der Waals surface area contributed by atoms with E-state index in [0.29, 0.717) is 12.2 Å². The molecule has 0 bridgehead atoms. The molecule has 0 radical (unpaired) electrons. The van der Waals surface area contributed by atoms with Gasteiger partial charge < -0.3 is 15.0 Å². The van der Waals surface area contributed by atoms with Crippen molar-refractivity contribution in [1.82, 2.24) is 14.9 Å². The molecular weight excluding hydrogens is 358 g/mol. The number of aryl methyl sites for hydroxylation is 1. The van der Waals surface area contributed by atoms with Crippen molar-refractivity contribution in [2.45, 2.75) is 37.5 Å². The highest BCUT2D eigenvalue weighted by Gasteiger charge is 2.13. The van der Waals surface area contributed by atoms with Crippen LogP contribution >= 0.6 is 11.8 Å². The van der Waals surface area contributed by atoms with Crippen LogP contribution in [0.15, 0.2) is 66.0 Å². The second kappa shape index (κ2) is 9.39. The fourth-order valence-electron chi connectivity index (χ4n) is 2.75. The van der Waals surface area contributed by atoms with Crippen LogP contribution in [0.3, 0.4) is 0 Å². The monoisotopic (exact) mass is 381 g/mol. The minimum atomic E-state index is -0.149. The van der Waals surface area contributed by atoms with E-state index in [9.17, 15) is 9.90 Å². The Hall–Kier alpha value is -2.57. The summed E-state index contributed by atoms with van der Waals surface area (Å²) in [7, 11) is 0. The van der Waals surface area contributed by atoms with Gasteiger partial charge in [-0.05, 0) is 18.1 Å². The quantitative estimate of drug-likeness (QED) is 0.588. The third kappa shape index (κ3) is 5.45. The highest BCUT2D eigenvalue weighted by atomic mass is 32.2. The van der Waals surface area contributed by atoms with Gasteiger partial charge in [0.05, 0.1) is 18.5 Å². The Balaban J connectivity index is 1.63. The molecule has 2 aromatic carbocycles. The number of nitrogens with one attached hydrogen (secondary N) is 1. The highest BCUT2D eigenvalue weighted by Crippen LogP contribution is 2.23. The van der Waals surface area contributed by atoms with Crippen molar-refractivity contribution in [3.8, 4) is 0 Å². The first-order valence-corrected chi connectivity index (χ1v) is 9.78. The Morgan fingerprint density at radius 3 is 2.67 bits per heavy atom. The maximum atomic E-state index is 12.4. The van der Waals surface area contributed by atoms with Gasteiger partial charge in [-0.15, -0.1) is 0 Å². The van der Waals surface area contributed by atoms with Gasteiger partial charge in [0.25, 0.3) is 0 Å². The van der Waals surface area contributed by atoms with Crippen LogP contribution in [0, 0.1) is 6.92 Å². The van der Waals surface area contributed by atoms with E-state index < -0.39 is 0 Å². The fourth-order valence-corrected chi connectivity index (χ4v) is 3.69. The van der Waals surface area contributed by atoms with Crippen molar-refractivity contribution in [3.05, 3.63) is 83.2 Å². The third-order valence-corrected chi connectivity index (χ3v) is 5.21. The molecule has 0 atom stereocenters. The number of aliphatic hydroxyl groups excluding tert-OH is 1. The highest BCUT2D eigenvalue weighted by molar-refractivity contribution is 7.98. The largest absolute Gasteiger partial charge is 0.390 e. The van der Waals surface area contributed by atoms with Crippen LogP contribution < -0.4 is 5.32 Å². The molecule has 2 N–H and O–H groups in total. The maximum Gasteiger partial charge on any atom is 0.240 e. The van der Waals surface area contributed by atoms with Crippen molar-refractivity contribution in [1.29, 1.82) is 0 Å². The number of benzene rings is 2. The van der Waals surface area contributed by atoms with Gasteiger partial charge >= 0.3 is 0 Å². The minimum Gasteiger partial charge on any atom is -0.390 e. The summed E-state index contributed by atoms with van der Waals surface area (Å²) in [6.07, 6.45) is 1.63. The number of carbonyl (C=O) groups is 1. The summed E-state index contributed by atoms with van der Waals surface area (Å²) in [4.78, 5) is 16.8. The number of hydrogen-bond donors (Lipinski definition) is 2. The smallest absolute Gasteiger partial charge is 0.240 e. The molecule has 1 amide bonds. The normalized spacial score (nSPS) is 10.7. The predicted octanol–water partition coefficient (Wildman–Crippen LogP) is 3.29. The Morgan fingerprint density at radius 2 is 1.93 bits per heavy atom. The van der Waals surface area contributed by atoms with Crippen LogP contribution in [0.4, 0.5) is 0 Å². The number of carbonyl (C=O) groups excluding carboxylic acids is 1. The van der Waals surface area contributed by atoms with Gasteiger partial charge in [0, 0.05) is 12.3 Å². The Kier molecular flexibility index (Phi) is 6.68. The van der Waals surface area contributed by atoms with Crippen molar-refractivity contribution in [2.75, 3.05) is 0 Å². The van der Waals surface area contributed by atoms with E-state index in [1.54, 1.807) is 22.5 Å². The molecule has 6 heteroatoms. The Morgan fingerprint density at radius 1 is 1.15 bits per heavy atom. The molecule has 5 nitrogen and oxygen atoms in total. The molecule has 3 aromatic rings. The van der Waals surface area contributed by atoms with Gasteiger partial charge in [-0.25, -0.2) is 4.98 Å². The molecule has 140 valence electrons. The number of aliphatic hydroxyl groups is 1. The SMILES string of the molecule is Cc1cccc(CSc2ncc(CO)n2CC(=O)NCc2ccccc2)c1. The van der Waals surface area contributed by atoms with E-state index in [1.807, 2.05) is 36.4 Å². The van der Waals surface area contributed by atoms with Crippen LogP contribution in [-0.4, -0.2) is 20.6 Å². The van der Waals surface area contributed by atoms with E-state index in [1.165, 1.54) is 11.1 Å². The van der Waals surface area contributed by atoms with E-state index in [0.717, 1.165) is 16.5 Å². The lowest BCUT2D eigenvalue weighted by atomic mass is 10.2. The minimum absolute atomic E-state index is 0.107. The van der Waals surface area contributed by atoms with Crippen molar-refractivity contribution in [2.24, 2.45) is 0 Å². The zero-order chi connectivity index (χ0) is 19.1. The van der Waals surface area contributed by atoms with Gasteiger partial charge in [0.2, 0.25) is 5.91 Å². The first kappa shape index (κ1) is 19.2. The second-order valence-electron chi connectivity index (χ2n) is 6.32. The van der Waals surface area contributed by atoms with Crippen LogP contribution in [-0.2, 0) is 30.2 Å². The van der Waals surface area contributed by atoms with Crippen LogP contribution in [0.25, 0.3) is 0 Å². The van der Waals surface area contributed by atoms with Crippen molar-refractivity contribution < 1.29 is 9.90 Å². The lowest BCUT2D eigenvalue weighted by Crippen LogP contribution is -2.28. The third-order valence-electron chi connectivity index (χ3n) is 4.15. The molecule has 0 aliphatic carbocycles. The zero-order valence-electron chi connectivity index (χ0n) is 15.3. The standard InChI is InChI=1S/C21H23N3O2S/c1-16-6-5-9-18(10-16)15-27-21-23-12-19(14-25)24(21)13-20(26)22-11-17-7-3-2-4-8-17/h2-10,12,25H,11,13-15H2,1H3,(H,22,26). The number of thioether (sulfide) groups is 1. The molecular formula is C21H23N3O2S. The summed E-state index contributed by atoms with van der Waals surface area (Å²) in [5.74, 6) is 0.652. The average Bonchev–Trinajstić information content (AvgIpc) is 3.07. The van der Waals surface area contributed by atoms with E-state index in [2.05, 4.69) is 35.4 Å². The van der Waals surface area contributed by atoms with Gasteiger partial charge in [-0.1, -0.05) is 71.9 Å². The molecule has 0 spiro atoms. The van der Waals surface area contributed by atoms with Gasteiger partial charge in [-0.2, -0.15) is 0 Å². The molecule has 0 saturated heterocycles. The van der Waals surface area contributed by atoms with Crippen molar-refractivity contribution in [3.63, 3.8) is 0 Å². The number of nitrogens with zero attached hydrogens (tertiary/aromatic N) is 2. The first-order valence-electron chi connectivity index (χ1n) is 8.80. The lowest BCUT2D eigenvalue weighted by molar-refractivity contribution is -0.122. The average molecular weight is 382 g/mol. The zero-order valence-corrected chi connectivity index (χ0v) is 16.1. The molecule has 0 aliphatic heterocycles. The molecule has 0 saturated carbocycles.